The number of amides is 1. The molecule has 1 amide bonds. The van der Waals surface area contributed by atoms with Gasteiger partial charge in [0.25, 0.3) is 0 Å². The topological polar surface area (TPSA) is 25.2 Å². The Balaban J connectivity index is 2.17. The molecule has 0 N–H and O–H groups in total. The highest BCUT2D eigenvalue weighted by molar-refractivity contribution is 9.10. The predicted octanol–water partition coefficient (Wildman–Crippen LogP) is 2.88. The Morgan fingerprint density at radius 3 is 2.82 bits per heavy atom. The van der Waals surface area contributed by atoms with Crippen molar-refractivity contribution in [2.75, 3.05) is 14.1 Å². The first-order valence-electron chi connectivity index (χ1n) is 5.52. The zero-order valence-electron chi connectivity index (χ0n) is 9.98. The van der Waals surface area contributed by atoms with Gasteiger partial charge in [-0.2, -0.15) is 0 Å². The van der Waals surface area contributed by atoms with E-state index >= 15 is 0 Å². The minimum absolute atomic E-state index is 0.156. The molecule has 2 rings (SSSR count). The molecule has 3 nitrogen and oxygen atoms in total. The lowest BCUT2D eigenvalue weighted by Gasteiger charge is -2.11. The molecule has 0 bridgehead atoms. The Morgan fingerprint density at radius 2 is 2.12 bits per heavy atom. The number of hydrogen-bond acceptors (Lipinski definition) is 1. The second-order valence-corrected chi connectivity index (χ2v) is 5.17. The van der Waals surface area contributed by atoms with Gasteiger partial charge in [0, 0.05) is 48.6 Å². The van der Waals surface area contributed by atoms with Gasteiger partial charge in [0.15, 0.2) is 0 Å². The fraction of sp³-hybridized carbons (Fsp3) is 0.308. The van der Waals surface area contributed by atoms with Crippen LogP contribution in [0.5, 0.6) is 0 Å². The van der Waals surface area contributed by atoms with E-state index in [0.717, 1.165) is 11.0 Å². The number of halogens is 1. The highest BCUT2D eigenvalue weighted by Crippen LogP contribution is 2.21. The third kappa shape index (κ3) is 2.69. The molecular formula is C13H15BrN2O. The minimum Gasteiger partial charge on any atom is -0.349 e. The van der Waals surface area contributed by atoms with E-state index in [0.29, 0.717) is 6.42 Å². The lowest BCUT2D eigenvalue weighted by atomic mass is 10.2. The molecule has 0 radical (unpaired) electrons. The van der Waals surface area contributed by atoms with Gasteiger partial charge in [0.2, 0.25) is 5.91 Å². The van der Waals surface area contributed by atoms with Crippen LogP contribution in [0.4, 0.5) is 0 Å². The second kappa shape index (κ2) is 4.92. The summed E-state index contributed by atoms with van der Waals surface area (Å²) in [5.41, 5.74) is 1.17. The van der Waals surface area contributed by atoms with E-state index in [9.17, 15) is 4.79 Å². The van der Waals surface area contributed by atoms with Gasteiger partial charge in [0.05, 0.1) is 0 Å². The number of aromatic nitrogens is 1. The molecule has 2 aromatic rings. The molecule has 0 aliphatic rings. The van der Waals surface area contributed by atoms with Gasteiger partial charge >= 0.3 is 0 Å². The van der Waals surface area contributed by atoms with Gasteiger partial charge in [0.1, 0.15) is 0 Å². The smallest absolute Gasteiger partial charge is 0.223 e. The largest absolute Gasteiger partial charge is 0.349 e. The summed E-state index contributed by atoms with van der Waals surface area (Å²) in [5.74, 6) is 0.156. The second-order valence-electron chi connectivity index (χ2n) is 4.25. The molecule has 0 fully saturated rings. The Hall–Kier alpha value is -1.29. The molecule has 1 heterocycles. The van der Waals surface area contributed by atoms with E-state index < -0.39 is 0 Å². The lowest BCUT2D eigenvalue weighted by molar-refractivity contribution is -0.128. The molecule has 0 atom stereocenters. The molecule has 1 aromatic carbocycles. The fourth-order valence-electron chi connectivity index (χ4n) is 1.81. The van der Waals surface area contributed by atoms with Crippen molar-refractivity contribution in [3.05, 3.63) is 34.9 Å². The summed E-state index contributed by atoms with van der Waals surface area (Å²) >= 11 is 3.45. The summed E-state index contributed by atoms with van der Waals surface area (Å²) in [7, 11) is 3.57. The van der Waals surface area contributed by atoms with Crippen molar-refractivity contribution in [1.29, 1.82) is 0 Å². The van der Waals surface area contributed by atoms with Crippen LogP contribution in [0.25, 0.3) is 10.9 Å². The van der Waals surface area contributed by atoms with Crippen molar-refractivity contribution in [3.8, 4) is 0 Å². The Bertz CT molecular complexity index is 545. The quantitative estimate of drug-likeness (QED) is 0.854. The number of benzene rings is 1. The molecule has 17 heavy (non-hydrogen) atoms. The van der Waals surface area contributed by atoms with Crippen LogP contribution in [0.1, 0.15) is 6.42 Å². The Morgan fingerprint density at radius 1 is 1.35 bits per heavy atom. The number of carbonyl (C=O) groups excluding carboxylic acids is 1. The molecule has 0 unspecified atom stereocenters. The number of fused-ring (bicyclic) bond motifs is 1. The van der Waals surface area contributed by atoms with E-state index in [1.54, 1.807) is 19.0 Å². The summed E-state index contributed by atoms with van der Waals surface area (Å²) in [6.45, 7) is 0.724. The van der Waals surface area contributed by atoms with Gasteiger partial charge in [-0.05, 0) is 24.3 Å². The average molecular weight is 295 g/mol. The maximum absolute atomic E-state index is 11.5. The third-order valence-electron chi connectivity index (χ3n) is 2.80. The van der Waals surface area contributed by atoms with Gasteiger partial charge in [-0.15, -0.1) is 0 Å². The van der Waals surface area contributed by atoms with Crippen molar-refractivity contribution < 1.29 is 4.79 Å². The first-order chi connectivity index (χ1) is 8.08. The van der Waals surface area contributed by atoms with E-state index in [2.05, 4.69) is 38.7 Å². The van der Waals surface area contributed by atoms with Crippen molar-refractivity contribution in [2.24, 2.45) is 0 Å². The molecule has 90 valence electrons. The zero-order chi connectivity index (χ0) is 12.4. The maximum Gasteiger partial charge on any atom is 0.223 e. The number of aryl methyl sites for hydroxylation is 1. The van der Waals surface area contributed by atoms with Crippen molar-refractivity contribution >= 4 is 32.7 Å². The van der Waals surface area contributed by atoms with Crippen molar-refractivity contribution in [2.45, 2.75) is 13.0 Å². The van der Waals surface area contributed by atoms with Gasteiger partial charge in [-0.25, -0.2) is 0 Å². The van der Waals surface area contributed by atoms with Crippen LogP contribution in [-0.2, 0) is 11.3 Å². The summed E-state index contributed by atoms with van der Waals surface area (Å²) in [6, 6.07) is 8.24. The van der Waals surface area contributed by atoms with Crippen LogP contribution < -0.4 is 0 Å². The van der Waals surface area contributed by atoms with Crippen molar-refractivity contribution in [3.63, 3.8) is 0 Å². The number of rotatable bonds is 3. The van der Waals surface area contributed by atoms with Crippen LogP contribution in [0.3, 0.4) is 0 Å². The average Bonchev–Trinajstić information content (AvgIpc) is 2.67. The zero-order valence-corrected chi connectivity index (χ0v) is 11.6. The Kier molecular flexibility index (Phi) is 3.52. The summed E-state index contributed by atoms with van der Waals surface area (Å²) in [6.07, 6.45) is 2.56. The summed E-state index contributed by atoms with van der Waals surface area (Å²) in [4.78, 5) is 13.2. The molecule has 0 aliphatic carbocycles. The lowest BCUT2D eigenvalue weighted by Crippen LogP contribution is -2.22. The number of nitrogens with zero attached hydrogens (tertiary/aromatic N) is 2. The minimum atomic E-state index is 0.156. The molecule has 0 saturated heterocycles. The Labute approximate surface area is 109 Å². The fourth-order valence-corrected chi connectivity index (χ4v) is 2.18. The van der Waals surface area contributed by atoms with Crippen LogP contribution in [0, 0.1) is 0 Å². The number of hydrogen-bond donors (Lipinski definition) is 0. The van der Waals surface area contributed by atoms with Crippen LogP contribution in [0.2, 0.25) is 0 Å². The monoisotopic (exact) mass is 294 g/mol. The highest BCUT2D eigenvalue weighted by Gasteiger charge is 2.06. The van der Waals surface area contributed by atoms with Crippen molar-refractivity contribution in [1.82, 2.24) is 9.47 Å². The molecule has 4 heteroatoms. The van der Waals surface area contributed by atoms with Gasteiger partial charge in [-0.1, -0.05) is 15.9 Å². The highest BCUT2D eigenvalue weighted by atomic mass is 79.9. The summed E-state index contributed by atoms with van der Waals surface area (Å²) < 4.78 is 3.19. The van der Waals surface area contributed by atoms with Gasteiger partial charge in [-0.3, -0.25) is 4.79 Å². The SMILES string of the molecule is CN(C)C(=O)CCn1ccc2cc(Br)ccc21. The molecule has 1 aromatic heterocycles. The van der Waals surface area contributed by atoms with Gasteiger partial charge < -0.3 is 9.47 Å². The maximum atomic E-state index is 11.5. The molecule has 0 aliphatic heterocycles. The first kappa shape index (κ1) is 12.2. The van der Waals surface area contributed by atoms with Crippen LogP contribution in [0.15, 0.2) is 34.9 Å². The third-order valence-corrected chi connectivity index (χ3v) is 3.29. The van der Waals surface area contributed by atoms with Crippen LogP contribution >= 0.6 is 15.9 Å². The van der Waals surface area contributed by atoms with Crippen LogP contribution in [-0.4, -0.2) is 29.5 Å². The predicted molar refractivity (Wildman–Crippen MR) is 72.9 cm³/mol. The number of carbonyl (C=O) groups is 1. The normalized spacial score (nSPS) is 10.8. The van der Waals surface area contributed by atoms with E-state index in [-0.39, 0.29) is 5.91 Å². The van der Waals surface area contributed by atoms with E-state index in [1.165, 1.54) is 10.9 Å². The summed E-state index contributed by atoms with van der Waals surface area (Å²) in [5, 5.41) is 1.19. The molecule has 0 spiro atoms. The van der Waals surface area contributed by atoms with E-state index in [4.69, 9.17) is 0 Å². The molecule has 0 saturated carbocycles. The van der Waals surface area contributed by atoms with E-state index in [1.807, 2.05) is 12.3 Å². The standard InChI is InChI=1S/C13H15BrN2O/c1-15(2)13(17)6-8-16-7-5-10-9-11(14)3-4-12(10)16/h3-5,7,9H,6,8H2,1-2H3. The molecular weight excluding hydrogens is 280 g/mol. The first-order valence-corrected chi connectivity index (χ1v) is 6.32.